The summed E-state index contributed by atoms with van der Waals surface area (Å²) in [6.45, 7) is 1.38. The Labute approximate surface area is 178 Å². The molecule has 1 aromatic heterocycles. The second-order valence-electron chi connectivity index (χ2n) is 6.81. The van der Waals surface area contributed by atoms with E-state index in [4.69, 9.17) is 9.47 Å². The van der Waals surface area contributed by atoms with Crippen molar-refractivity contribution >= 4 is 44.0 Å². The van der Waals surface area contributed by atoms with Crippen LogP contribution in [-0.2, 0) is 24.1 Å². The molecule has 0 spiro atoms. The summed E-state index contributed by atoms with van der Waals surface area (Å²) in [4.78, 5) is 36.7. The molecule has 1 aromatic carbocycles. The van der Waals surface area contributed by atoms with Crippen molar-refractivity contribution < 1.29 is 32.3 Å². The standard InChI is InChI=1S/C20H21NO7S2/c1-3-27-20(24)17-15(12-4-5-12)11-29-18(17)21-16(22)10-28-19(23)13-6-8-14(9-7-13)30(2,25)26/h6-9,11-12H,3-5,10H2,1-2H3,(H,21,22). The number of hydrogen-bond acceptors (Lipinski definition) is 8. The van der Waals surface area contributed by atoms with Crippen molar-refractivity contribution in [2.45, 2.75) is 30.6 Å². The molecular formula is C20H21NO7S2. The summed E-state index contributed by atoms with van der Waals surface area (Å²) in [5.74, 6) is -1.54. The Bertz CT molecular complexity index is 1070. The van der Waals surface area contributed by atoms with Gasteiger partial charge >= 0.3 is 11.9 Å². The lowest BCUT2D eigenvalue weighted by Gasteiger charge is -2.09. The monoisotopic (exact) mass is 451 g/mol. The first-order valence-corrected chi connectivity index (χ1v) is 12.0. The predicted molar refractivity (Wildman–Crippen MR) is 111 cm³/mol. The van der Waals surface area contributed by atoms with Gasteiger partial charge in [0.1, 0.15) is 5.00 Å². The molecular weight excluding hydrogens is 430 g/mol. The van der Waals surface area contributed by atoms with Gasteiger partial charge < -0.3 is 14.8 Å². The molecule has 1 aliphatic rings. The number of sulfone groups is 1. The fourth-order valence-electron chi connectivity index (χ4n) is 2.79. The minimum Gasteiger partial charge on any atom is -0.462 e. The lowest BCUT2D eigenvalue weighted by molar-refractivity contribution is -0.119. The lowest BCUT2D eigenvalue weighted by atomic mass is 10.1. The molecule has 8 nitrogen and oxygen atoms in total. The van der Waals surface area contributed by atoms with Gasteiger partial charge in [-0.3, -0.25) is 4.79 Å². The molecule has 3 rings (SSSR count). The van der Waals surface area contributed by atoms with E-state index in [1.807, 2.05) is 5.38 Å². The van der Waals surface area contributed by atoms with Crippen LogP contribution in [0.15, 0.2) is 34.5 Å². The zero-order valence-corrected chi connectivity index (χ0v) is 18.1. The largest absolute Gasteiger partial charge is 0.462 e. The molecule has 2 aromatic rings. The highest BCUT2D eigenvalue weighted by molar-refractivity contribution is 7.90. The minimum absolute atomic E-state index is 0.0763. The Balaban J connectivity index is 1.62. The van der Waals surface area contributed by atoms with Gasteiger partial charge in [-0.25, -0.2) is 18.0 Å². The third-order valence-electron chi connectivity index (χ3n) is 4.42. The van der Waals surface area contributed by atoms with Crippen molar-refractivity contribution in [3.63, 3.8) is 0 Å². The first kappa shape index (κ1) is 22.0. The molecule has 160 valence electrons. The molecule has 30 heavy (non-hydrogen) atoms. The average molecular weight is 452 g/mol. The number of hydrogen-bond donors (Lipinski definition) is 1. The van der Waals surface area contributed by atoms with Crippen LogP contribution in [0.2, 0.25) is 0 Å². The van der Waals surface area contributed by atoms with Gasteiger partial charge in [-0.15, -0.1) is 11.3 Å². The van der Waals surface area contributed by atoms with Crippen LogP contribution in [0, 0.1) is 0 Å². The highest BCUT2D eigenvalue weighted by atomic mass is 32.2. The van der Waals surface area contributed by atoms with Crippen molar-refractivity contribution in [3.8, 4) is 0 Å². The van der Waals surface area contributed by atoms with Crippen molar-refractivity contribution in [1.29, 1.82) is 0 Å². The molecule has 1 heterocycles. The minimum atomic E-state index is -3.37. The van der Waals surface area contributed by atoms with E-state index in [1.54, 1.807) is 6.92 Å². The fourth-order valence-corrected chi connectivity index (χ4v) is 4.46. The number of thiophene rings is 1. The van der Waals surface area contributed by atoms with Crippen LogP contribution in [0.5, 0.6) is 0 Å². The molecule has 10 heteroatoms. The molecule has 1 amide bonds. The smallest absolute Gasteiger partial charge is 0.341 e. The SMILES string of the molecule is CCOC(=O)c1c(C2CC2)csc1NC(=O)COC(=O)c1ccc(S(C)(=O)=O)cc1. The van der Waals surface area contributed by atoms with Gasteiger partial charge in [0.15, 0.2) is 16.4 Å². The Morgan fingerprint density at radius 3 is 2.33 bits per heavy atom. The highest BCUT2D eigenvalue weighted by Gasteiger charge is 2.32. The predicted octanol–water partition coefficient (Wildman–Crippen LogP) is 3.00. The van der Waals surface area contributed by atoms with E-state index >= 15 is 0 Å². The quantitative estimate of drug-likeness (QED) is 0.613. The zero-order valence-electron chi connectivity index (χ0n) is 16.5. The Morgan fingerprint density at radius 2 is 1.77 bits per heavy atom. The third kappa shape index (κ3) is 5.25. The van der Waals surface area contributed by atoms with Crippen LogP contribution >= 0.6 is 11.3 Å². The van der Waals surface area contributed by atoms with Crippen LogP contribution in [0.1, 0.15) is 52.0 Å². The van der Waals surface area contributed by atoms with E-state index in [9.17, 15) is 22.8 Å². The van der Waals surface area contributed by atoms with E-state index in [0.717, 1.165) is 24.7 Å². The van der Waals surface area contributed by atoms with Crippen molar-refractivity contribution in [1.82, 2.24) is 0 Å². The van der Waals surface area contributed by atoms with Crippen LogP contribution < -0.4 is 5.32 Å². The molecule has 0 saturated heterocycles. The third-order valence-corrected chi connectivity index (χ3v) is 6.46. The summed E-state index contributed by atoms with van der Waals surface area (Å²) in [6, 6.07) is 5.22. The van der Waals surface area contributed by atoms with E-state index in [2.05, 4.69) is 5.32 Å². The summed E-state index contributed by atoms with van der Waals surface area (Å²) >= 11 is 1.23. The number of anilines is 1. The summed E-state index contributed by atoms with van der Waals surface area (Å²) < 4.78 is 33.0. The summed E-state index contributed by atoms with van der Waals surface area (Å²) in [5, 5.41) is 4.82. The van der Waals surface area contributed by atoms with Gasteiger partial charge in [-0.2, -0.15) is 0 Å². The van der Waals surface area contributed by atoms with Gasteiger partial charge in [0.2, 0.25) is 0 Å². The number of esters is 2. The van der Waals surface area contributed by atoms with E-state index < -0.39 is 34.3 Å². The number of amides is 1. The Kier molecular flexibility index (Phi) is 6.57. The second-order valence-corrected chi connectivity index (χ2v) is 9.71. The first-order chi connectivity index (χ1) is 14.2. The molecule has 1 fully saturated rings. The maximum atomic E-state index is 12.3. The van der Waals surface area contributed by atoms with E-state index in [-0.39, 0.29) is 17.1 Å². The molecule has 0 unspecified atom stereocenters. The second kappa shape index (κ2) is 8.97. The number of carbonyl (C=O) groups excluding carboxylic acids is 3. The number of nitrogens with one attached hydrogen (secondary N) is 1. The van der Waals surface area contributed by atoms with Crippen LogP contribution in [0.3, 0.4) is 0 Å². The summed E-state index contributed by atoms with van der Waals surface area (Å²) in [7, 11) is -3.37. The normalized spacial score (nSPS) is 13.5. The van der Waals surface area contributed by atoms with Gasteiger partial charge in [-0.05, 0) is 60.9 Å². The van der Waals surface area contributed by atoms with Crippen LogP contribution in [0.25, 0.3) is 0 Å². The number of carbonyl (C=O) groups is 3. The van der Waals surface area contributed by atoms with Crippen molar-refractivity contribution in [2.24, 2.45) is 0 Å². The maximum Gasteiger partial charge on any atom is 0.341 e. The number of ether oxygens (including phenoxy) is 2. The summed E-state index contributed by atoms with van der Waals surface area (Å²) in [5.41, 5.74) is 1.35. The van der Waals surface area contributed by atoms with Gasteiger partial charge in [0, 0.05) is 6.26 Å². The first-order valence-electron chi connectivity index (χ1n) is 9.26. The average Bonchev–Trinajstić information content (AvgIpc) is 3.46. The number of rotatable bonds is 8. The molecule has 0 atom stereocenters. The maximum absolute atomic E-state index is 12.3. The highest BCUT2D eigenvalue weighted by Crippen LogP contribution is 2.46. The van der Waals surface area contributed by atoms with E-state index in [1.165, 1.54) is 35.6 Å². The van der Waals surface area contributed by atoms with Gasteiger partial charge in [0.05, 0.1) is 22.6 Å². The molecule has 0 radical (unpaired) electrons. The molecule has 0 aliphatic heterocycles. The van der Waals surface area contributed by atoms with Gasteiger partial charge in [-0.1, -0.05) is 0 Å². The molecule has 1 saturated carbocycles. The zero-order chi connectivity index (χ0) is 21.9. The lowest BCUT2D eigenvalue weighted by Crippen LogP contribution is -2.22. The molecule has 1 N–H and O–H groups in total. The number of benzene rings is 1. The van der Waals surface area contributed by atoms with Crippen molar-refractivity contribution in [3.05, 3.63) is 46.3 Å². The molecule has 1 aliphatic carbocycles. The van der Waals surface area contributed by atoms with Gasteiger partial charge in [0.25, 0.3) is 5.91 Å². The fraction of sp³-hybridized carbons (Fsp3) is 0.350. The Hall–Kier alpha value is -2.72. The Morgan fingerprint density at radius 1 is 1.10 bits per heavy atom. The summed E-state index contributed by atoms with van der Waals surface area (Å²) in [6.07, 6.45) is 3.05. The van der Waals surface area contributed by atoms with Crippen molar-refractivity contribution in [2.75, 3.05) is 24.8 Å². The van der Waals surface area contributed by atoms with Crippen LogP contribution in [-0.4, -0.2) is 45.7 Å². The van der Waals surface area contributed by atoms with E-state index in [0.29, 0.717) is 16.5 Å². The van der Waals surface area contributed by atoms with Crippen LogP contribution in [0.4, 0.5) is 5.00 Å². The molecule has 0 bridgehead atoms. The topological polar surface area (TPSA) is 116 Å².